The molecule has 0 aliphatic carbocycles. The Morgan fingerprint density at radius 1 is 1.11 bits per heavy atom. The number of aliphatic hydroxyl groups is 1. The third kappa shape index (κ3) is 4.22. The highest BCUT2D eigenvalue weighted by atomic mass is 16.3. The Labute approximate surface area is 160 Å². The van der Waals surface area contributed by atoms with E-state index in [1.165, 1.54) is 18.4 Å². The summed E-state index contributed by atoms with van der Waals surface area (Å²) >= 11 is 0. The van der Waals surface area contributed by atoms with Crippen LogP contribution < -0.4 is 4.90 Å². The quantitative estimate of drug-likeness (QED) is 0.850. The first-order valence-corrected chi connectivity index (χ1v) is 9.99. The Hall–Kier alpha value is -2.18. The van der Waals surface area contributed by atoms with E-state index < -0.39 is 0 Å². The molecule has 0 spiro atoms. The molecule has 6 nitrogen and oxygen atoms in total. The Bertz CT molecular complexity index is 771. The van der Waals surface area contributed by atoms with Gasteiger partial charge < -0.3 is 10.0 Å². The largest absolute Gasteiger partial charge is 0.394 e. The van der Waals surface area contributed by atoms with Crippen LogP contribution in [0, 0.1) is 0 Å². The number of hydrogen-bond acceptors (Lipinski definition) is 4. The predicted octanol–water partition coefficient (Wildman–Crippen LogP) is 2.38. The molecule has 144 valence electrons. The first-order valence-electron chi connectivity index (χ1n) is 9.99. The lowest BCUT2D eigenvalue weighted by Crippen LogP contribution is -2.34. The van der Waals surface area contributed by atoms with Crippen molar-refractivity contribution in [1.29, 1.82) is 0 Å². The van der Waals surface area contributed by atoms with Gasteiger partial charge in [0.1, 0.15) is 0 Å². The lowest BCUT2D eigenvalue weighted by atomic mass is 9.94. The maximum absolute atomic E-state index is 11.9. The van der Waals surface area contributed by atoms with Crippen LogP contribution in [0.4, 0.5) is 5.69 Å². The zero-order chi connectivity index (χ0) is 18.6. The van der Waals surface area contributed by atoms with E-state index in [-0.39, 0.29) is 12.5 Å². The molecular formula is C21H28N4O2. The summed E-state index contributed by atoms with van der Waals surface area (Å²) in [4.78, 5) is 16.3. The number of aromatic nitrogens is 2. The first-order chi connectivity index (χ1) is 13.2. The zero-order valence-electron chi connectivity index (χ0n) is 15.8. The number of anilines is 1. The van der Waals surface area contributed by atoms with Crippen molar-refractivity contribution >= 4 is 11.6 Å². The molecule has 6 heteroatoms. The van der Waals surface area contributed by atoms with Crippen molar-refractivity contribution < 1.29 is 9.90 Å². The third-order valence-corrected chi connectivity index (χ3v) is 5.64. The lowest BCUT2D eigenvalue weighted by Gasteiger charge is -2.32. The van der Waals surface area contributed by atoms with E-state index in [1.54, 1.807) is 0 Å². The fourth-order valence-corrected chi connectivity index (χ4v) is 4.22. The summed E-state index contributed by atoms with van der Waals surface area (Å²) < 4.78 is 1.83. The molecule has 1 amide bonds. The number of nitrogens with zero attached hydrogens (tertiary/aromatic N) is 4. The molecule has 3 heterocycles. The molecule has 1 unspecified atom stereocenters. The van der Waals surface area contributed by atoms with E-state index in [4.69, 9.17) is 5.11 Å². The second-order valence-corrected chi connectivity index (χ2v) is 7.62. The van der Waals surface area contributed by atoms with Crippen molar-refractivity contribution in [2.24, 2.45) is 0 Å². The maximum atomic E-state index is 11.9. The highest BCUT2D eigenvalue weighted by Gasteiger charge is 2.24. The fourth-order valence-electron chi connectivity index (χ4n) is 4.22. The van der Waals surface area contributed by atoms with Gasteiger partial charge in [0.25, 0.3) is 0 Å². The summed E-state index contributed by atoms with van der Waals surface area (Å²) in [5.41, 5.74) is 3.44. The Morgan fingerprint density at radius 3 is 2.70 bits per heavy atom. The molecule has 1 atom stereocenters. The number of piperidine rings is 1. The van der Waals surface area contributed by atoms with Gasteiger partial charge in [0, 0.05) is 43.9 Å². The summed E-state index contributed by atoms with van der Waals surface area (Å²) in [5.74, 6) is 0.697. The molecule has 2 aromatic rings. The van der Waals surface area contributed by atoms with Crippen molar-refractivity contribution in [3.8, 4) is 0 Å². The molecule has 0 bridgehead atoms. The Morgan fingerprint density at radius 2 is 1.96 bits per heavy atom. The van der Waals surface area contributed by atoms with Crippen LogP contribution in [0.3, 0.4) is 0 Å². The lowest BCUT2D eigenvalue weighted by molar-refractivity contribution is -0.117. The fraction of sp³-hybridized carbons (Fsp3) is 0.524. The average Bonchev–Trinajstić information content (AvgIpc) is 3.32. The van der Waals surface area contributed by atoms with Gasteiger partial charge in [-0.3, -0.25) is 14.4 Å². The van der Waals surface area contributed by atoms with Crippen LogP contribution in [0.1, 0.15) is 42.9 Å². The van der Waals surface area contributed by atoms with Gasteiger partial charge in [0.05, 0.1) is 18.8 Å². The molecule has 27 heavy (non-hydrogen) atoms. The minimum atomic E-state index is 0.122. The van der Waals surface area contributed by atoms with Gasteiger partial charge in [0.2, 0.25) is 5.91 Å². The Balaban J connectivity index is 1.36. The summed E-state index contributed by atoms with van der Waals surface area (Å²) in [7, 11) is 0. The van der Waals surface area contributed by atoms with E-state index in [0.717, 1.165) is 44.0 Å². The molecule has 2 aliphatic rings. The maximum Gasteiger partial charge on any atom is 0.227 e. The highest BCUT2D eigenvalue weighted by molar-refractivity contribution is 5.95. The molecular weight excluding hydrogens is 340 g/mol. The number of carbonyl (C=O) groups excluding carboxylic acids is 1. The van der Waals surface area contributed by atoms with Crippen molar-refractivity contribution in [1.82, 2.24) is 14.7 Å². The van der Waals surface area contributed by atoms with Crippen LogP contribution in [0.2, 0.25) is 0 Å². The van der Waals surface area contributed by atoms with Crippen LogP contribution in [-0.4, -0.2) is 51.9 Å². The minimum Gasteiger partial charge on any atom is -0.394 e. The van der Waals surface area contributed by atoms with Crippen molar-refractivity contribution in [2.45, 2.75) is 44.7 Å². The number of benzene rings is 1. The van der Waals surface area contributed by atoms with Gasteiger partial charge in [-0.1, -0.05) is 12.1 Å². The minimum absolute atomic E-state index is 0.122. The van der Waals surface area contributed by atoms with Gasteiger partial charge in [0.15, 0.2) is 0 Å². The van der Waals surface area contributed by atoms with E-state index in [2.05, 4.69) is 40.3 Å². The van der Waals surface area contributed by atoms with Gasteiger partial charge >= 0.3 is 0 Å². The smallest absolute Gasteiger partial charge is 0.227 e. The number of hydrogen-bond donors (Lipinski definition) is 1. The van der Waals surface area contributed by atoms with Gasteiger partial charge in [-0.25, -0.2) is 0 Å². The number of aliphatic hydroxyl groups excluding tert-OH is 1. The second kappa shape index (κ2) is 8.23. The van der Waals surface area contributed by atoms with Crippen molar-refractivity contribution in [3.05, 3.63) is 47.8 Å². The molecule has 2 saturated heterocycles. The predicted molar refractivity (Wildman–Crippen MR) is 105 cm³/mol. The standard InChI is InChI=1S/C21H28N4O2/c26-14-13-24-12-9-20(22-24)18-3-1-10-23(16-18)15-17-5-7-19(8-6-17)25-11-2-4-21(25)27/h5-9,12,18,26H,1-4,10-11,13-16H2. The van der Waals surface area contributed by atoms with Crippen molar-refractivity contribution in [3.63, 3.8) is 0 Å². The van der Waals surface area contributed by atoms with Gasteiger partial charge in [-0.15, -0.1) is 0 Å². The normalized spacial score (nSPS) is 21.1. The second-order valence-electron chi connectivity index (χ2n) is 7.62. The van der Waals surface area contributed by atoms with E-state index in [0.29, 0.717) is 18.9 Å². The monoisotopic (exact) mass is 368 g/mol. The highest BCUT2D eigenvalue weighted by Crippen LogP contribution is 2.27. The van der Waals surface area contributed by atoms with E-state index in [1.807, 2.05) is 15.8 Å². The molecule has 2 aliphatic heterocycles. The number of carbonyl (C=O) groups is 1. The molecule has 2 fully saturated rings. The van der Waals surface area contributed by atoms with E-state index in [9.17, 15) is 4.79 Å². The summed E-state index contributed by atoms with van der Waals surface area (Å²) in [6, 6.07) is 10.6. The molecule has 4 rings (SSSR count). The molecule has 1 N–H and O–H groups in total. The van der Waals surface area contributed by atoms with E-state index >= 15 is 0 Å². The van der Waals surface area contributed by atoms with Crippen LogP contribution in [0.15, 0.2) is 36.5 Å². The number of amides is 1. The molecule has 1 aromatic carbocycles. The van der Waals surface area contributed by atoms with Crippen LogP contribution in [-0.2, 0) is 17.9 Å². The Kier molecular flexibility index (Phi) is 5.55. The topological polar surface area (TPSA) is 61.6 Å². The molecule has 0 radical (unpaired) electrons. The number of likely N-dealkylation sites (tertiary alicyclic amines) is 1. The van der Waals surface area contributed by atoms with Gasteiger partial charge in [-0.05, 0) is 49.6 Å². The molecule has 1 aromatic heterocycles. The number of rotatable bonds is 6. The third-order valence-electron chi connectivity index (χ3n) is 5.64. The SMILES string of the molecule is O=C1CCCN1c1ccc(CN2CCCC(c3ccn(CCO)n3)C2)cc1. The average molecular weight is 368 g/mol. The summed E-state index contributed by atoms with van der Waals surface area (Å²) in [5, 5.41) is 13.7. The van der Waals surface area contributed by atoms with Gasteiger partial charge in [-0.2, -0.15) is 5.10 Å². The zero-order valence-corrected chi connectivity index (χ0v) is 15.8. The summed E-state index contributed by atoms with van der Waals surface area (Å²) in [6.07, 6.45) is 5.94. The van der Waals surface area contributed by atoms with Crippen LogP contribution >= 0.6 is 0 Å². The molecule has 0 saturated carbocycles. The van der Waals surface area contributed by atoms with Crippen LogP contribution in [0.5, 0.6) is 0 Å². The van der Waals surface area contributed by atoms with Crippen molar-refractivity contribution in [2.75, 3.05) is 31.1 Å². The summed E-state index contributed by atoms with van der Waals surface area (Å²) in [6.45, 7) is 4.58. The first kappa shape index (κ1) is 18.2. The van der Waals surface area contributed by atoms with Crippen LogP contribution in [0.25, 0.3) is 0 Å².